The first kappa shape index (κ1) is 14.5. The number of carboxylic acid groups (broad SMARTS) is 1. The van der Waals surface area contributed by atoms with Crippen molar-refractivity contribution in [1.82, 2.24) is 0 Å². The first-order valence-corrected chi connectivity index (χ1v) is 7.51. The van der Waals surface area contributed by atoms with E-state index in [1.807, 2.05) is 6.07 Å². The molecule has 2 nitrogen and oxygen atoms in total. The molecular formula is C15H18BrFO2. The molecule has 1 aliphatic rings. The average Bonchev–Trinajstić information content (AvgIpc) is 2.62. The van der Waals surface area contributed by atoms with Gasteiger partial charge in [-0.15, -0.1) is 0 Å². The molecule has 1 saturated carbocycles. The molecule has 1 N–H and O–H groups in total. The van der Waals surface area contributed by atoms with Gasteiger partial charge in [0.2, 0.25) is 0 Å². The average molecular weight is 329 g/mol. The molecule has 0 atom stereocenters. The van der Waals surface area contributed by atoms with Gasteiger partial charge in [-0.1, -0.05) is 37.8 Å². The van der Waals surface area contributed by atoms with Gasteiger partial charge in [0, 0.05) is 0 Å². The fourth-order valence-corrected chi connectivity index (χ4v) is 3.33. The zero-order valence-electron chi connectivity index (χ0n) is 10.8. The fourth-order valence-electron chi connectivity index (χ4n) is 2.92. The number of hydrogen-bond donors (Lipinski definition) is 1. The third-order valence-corrected chi connectivity index (χ3v) is 4.96. The zero-order chi connectivity index (χ0) is 13.9. The Hall–Kier alpha value is -0.900. The second-order valence-corrected chi connectivity index (χ2v) is 6.18. The lowest BCUT2D eigenvalue weighted by atomic mass is 9.75. The van der Waals surface area contributed by atoms with Crippen molar-refractivity contribution in [2.75, 3.05) is 0 Å². The Morgan fingerprint density at radius 1 is 1.26 bits per heavy atom. The summed E-state index contributed by atoms with van der Waals surface area (Å²) in [6.45, 7) is 0. The maximum absolute atomic E-state index is 13.5. The molecule has 0 aromatic heterocycles. The second-order valence-electron chi connectivity index (χ2n) is 5.39. The summed E-state index contributed by atoms with van der Waals surface area (Å²) in [6, 6.07) is 4.83. The van der Waals surface area contributed by atoms with Crippen molar-refractivity contribution in [3.05, 3.63) is 34.1 Å². The molecule has 1 aromatic rings. The largest absolute Gasteiger partial charge is 0.481 e. The highest BCUT2D eigenvalue weighted by atomic mass is 79.9. The molecule has 0 amide bonds. The Morgan fingerprint density at radius 2 is 1.89 bits per heavy atom. The number of aliphatic carboxylic acids is 1. The number of benzene rings is 1. The van der Waals surface area contributed by atoms with Gasteiger partial charge in [-0.2, -0.15) is 0 Å². The number of rotatable bonds is 3. The van der Waals surface area contributed by atoms with E-state index in [4.69, 9.17) is 0 Å². The van der Waals surface area contributed by atoms with Crippen LogP contribution in [-0.4, -0.2) is 11.1 Å². The van der Waals surface area contributed by atoms with E-state index in [9.17, 15) is 14.3 Å². The Labute approximate surface area is 121 Å². The highest BCUT2D eigenvalue weighted by Gasteiger charge is 2.39. The van der Waals surface area contributed by atoms with Crippen LogP contribution in [0.15, 0.2) is 22.7 Å². The summed E-state index contributed by atoms with van der Waals surface area (Å²) in [5.41, 5.74) is 0.0246. The molecule has 0 unspecified atom stereocenters. The van der Waals surface area contributed by atoms with E-state index in [0.29, 0.717) is 23.7 Å². The van der Waals surface area contributed by atoms with Gasteiger partial charge in [-0.05, 0) is 46.8 Å². The van der Waals surface area contributed by atoms with Crippen molar-refractivity contribution in [3.8, 4) is 0 Å². The Bertz CT molecular complexity index is 465. The van der Waals surface area contributed by atoms with Gasteiger partial charge in [-0.25, -0.2) is 4.39 Å². The highest BCUT2D eigenvalue weighted by molar-refractivity contribution is 9.10. The lowest BCUT2D eigenvalue weighted by Crippen LogP contribution is -2.33. The zero-order valence-corrected chi connectivity index (χ0v) is 12.4. The molecule has 0 bridgehead atoms. The van der Waals surface area contributed by atoms with E-state index in [-0.39, 0.29) is 5.82 Å². The van der Waals surface area contributed by atoms with Crippen LogP contribution in [0.25, 0.3) is 0 Å². The third kappa shape index (κ3) is 3.16. The van der Waals surface area contributed by atoms with Crippen LogP contribution in [0.2, 0.25) is 0 Å². The Morgan fingerprint density at radius 3 is 2.47 bits per heavy atom. The van der Waals surface area contributed by atoms with E-state index in [1.54, 1.807) is 6.07 Å². The number of carbonyl (C=O) groups is 1. The van der Waals surface area contributed by atoms with E-state index in [2.05, 4.69) is 15.9 Å². The summed E-state index contributed by atoms with van der Waals surface area (Å²) in [4.78, 5) is 11.7. The first-order chi connectivity index (χ1) is 9.05. The monoisotopic (exact) mass is 328 g/mol. The van der Waals surface area contributed by atoms with Crippen molar-refractivity contribution < 1.29 is 14.3 Å². The van der Waals surface area contributed by atoms with Crippen LogP contribution in [0.5, 0.6) is 0 Å². The topological polar surface area (TPSA) is 37.3 Å². The predicted molar refractivity (Wildman–Crippen MR) is 75.6 cm³/mol. The number of halogens is 2. The summed E-state index contributed by atoms with van der Waals surface area (Å²) in [5.74, 6) is -1.07. The minimum atomic E-state index is -0.745. The van der Waals surface area contributed by atoms with Crippen LogP contribution >= 0.6 is 15.9 Å². The Kier molecular flexibility index (Phi) is 4.61. The van der Waals surface area contributed by atoms with Crippen molar-refractivity contribution in [2.24, 2.45) is 5.41 Å². The van der Waals surface area contributed by atoms with Crippen LogP contribution in [0.4, 0.5) is 4.39 Å². The minimum Gasteiger partial charge on any atom is -0.481 e. The van der Waals surface area contributed by atoms with Crippen LogP contribution in [0.1, 0.15) is 44.1 Å². The van der Waals surface area contributed by atoms with Gasteiger partial charge in [0.25, 0.3) is 0 Å². The van der Waals surface area contributed by atoms with Gasteiger partial charge in [0.05, 0.1) is 9.89 Å². The maximum atomic E-state index is 13.5. The van der Waals surface area contributed by atoms with E-state index in [0.717, 1.165) is 31.2 Å². The van der Waals surface area contributed by atoms with Crippen LogP contribution in [0, 0.1) is 11.2 Å². The van der Waals surface area contributed by atoms with E-state index >= 15 is 0 Å². The van der Waals surface area contributed by atoms with Crippen LogP contribution in [0.3, 0.4) is 0 Å². The van der Waals surface area contributed by atoms with Crippen molar-refractivity contribution in [1.29, 1.82) is 0 Å². The third-order valence-electron chi connectivity index (χ3n) is 4.07. The molecule has 2 rings (SSSR count). The Balaban J connectivity index is 2.30. The SMILES string of the molecule is O=C(O)C1(Cc2cccc(F)c2Br)CCCCCC1. The lowest BCUT2D eigenvalue weighted by Gasteiger charge is -2.28. The van der Waals surface area contributed by atoms with E-state index < -0.39 is 11.4 Å². The molecule has 0 spiro atoms. The molecular weight excluding hydrogens is 311 g/mol. The highest BCUT2D eigenvalue weighted by Crippen LogP contribution is 2.40. The molecule has 4 heteroatoms. The van der Waals surface area contributed by atoms with Gasteiger partial charge in [0.15, 0.2) is 0 Å². The fraction of sp³-hybridized carbons (Fsp3) is 0.533. The molecule has 0 saturated heterocycles. The molecule has 0 radical (unpaired) electrons. The summed E-state index contributed by atoms with van der Waals surface area (Å²) < 4.78 is 13.9. The van der Waals surface area contributed by atoms with Gasteiger partial charge >= 0.3 is 5.97 Å². The normalized spacial score (nSPS) is 18.8. The second kappa shape index (κ2) is 6.04. The lowest BCUT2D eigenvalue weighted by molar-refractivity contribution is -0.149. The molecule has 1 aliphatic carbocycles. The molecule has 0 aliphatic heterocycles. The predicted octanol–water partition coefficient (Wildman–Crippen LogP) is 4.56. The van der Waals surface area contributed by atoms with Crippen LogP contribution in [-0.2, 0) is 11.2 Å². The summed E-state index contributed by atoms with van der Waals surface area (Å²) in [5, 5.41) is 9.63. The standard InChI is InChI=1S/C15H18BrFO2/c16-13-11(6-5-7-12(13)17)10-15(14(18)19)8-3-1-2-4-9-15/h5-7H,1-4,8-10H2,(H,18,19). The minimum absolute atomic E-state index is 0.327. The number of hydrogen-bond acceptors (Lipinski definition) is 1. The van der Waals surface area contributed by atoms with Gasteiger partial charge < -0.3 is 5.11 Å². The summed E-state index contributed by atoms with van der Waals surface area (Å²) in [7, 11) is 0. The first-order valence-electron chi connectivity index (χ1n) is 6.71. The van der Waals surface area contributed by atoms with Gasteiger partial charge in [-0.3, -0.25) is 4.79 Å². The summed E-state index contributed by atoms with van der Waals surface area (Å²) in [6.07, 6.45) is 5.86. The van der Waals surface area contributed by atoms with Gasteiger partial charge in [0.1, 0.15) is 5.82 Å². The molecule has 1 fully saturated rings. The molecule has 19 heavy (non-hydrogen) atoms. The maximum Gasteiger partial charge on any atom is 0.309 e. The number of carboxylic acids is 1. The molecule has 1 aromatic carbocycles. The smallest absolute Gasteiger partial charge is 0.309 e. The summed E-state index contributed by atoms with van der Waals surface area (Å²) >= 11 is 3.23. The molecule has 104 valence electrons. The van der Waals surface area contributed by atoms with Crippen molar-refractivity contribution in [3.63, 3.8) is 0 Å². The van der Waals surface area contributed by atoms with Crippen molar-refractivity contribution in [2.45, 2.75) is 44.9 Å². The van der Waals surface area contributed by atoms with Crippen molar-refractivity contribution >= 4 is 21.9 Å². The molecule has 0 heterocycles. The quantitative estimate of drug-likeness (QED) is 0.826. The van der Waals surface area contributed by atoms with Crippen LogP contribution < -0.4 is 0 Å². The van der Waals surface area contributed by atoms with E-state index in [1.165, 1.54) is 6.07 Å².